The monoisotopic (exact) mass is 396 g/mol. The Balaban J connectivity index is 1.71. The molecule has 4 rings (SSSR count). The molecule has 0 N–H and O–H groups in total. The third kappa shape index (κ3) is 3.64. The average molecular weight is 397 g/mol. The minimum Gasteiger partial charge on any atom is -0.378 e. The van der Waals surface area contributed by atoms with E-state index in [2.05, 4.69) is 25.1 Å². The lowest BCUT2D eigenvalue weighted by molar-refractivity contribution is -0.134. The Morgan fingerprint density at radius 1 is 1.18 bits per heavy atom. The molecule has 0 aliphatic carbocycles. The van der Waals surface area contributed by atoms with Crippen LogP contribution in [0.5, 0.6) is 0 Å². The fourth-order valence-corrected chi connectivity index (χ4v) is 4.47. The molecule has 3 heterocycles. The number of carbonyl (C=O) groups is 1. The van der Waals surface area contributed by atoms with Gasteiger partial charge < -0.3 is 9.64 Å². The van der Waals surface area contributed by atoms with Gasteiger partial charge in [-0.05, 0) is 32.4 Å². The molecule has 1 atom stereocenters. The largest absolute Gasteiger partial charge is 0.378 e. The molecule has 1 aromatic carbocycles. The Hall–Kier alpha value is -2.38. The van der Waals surface area contributed by atoms with Crippen molar-refractivity contribution in [1.82, 2.24) is 19.5 Å². The van der Waals surface area contributed by atoms with E-state index in [4.69, 9.17) is 14.8 Å². The van der Waals surface area contributed by atoms with Gasteiger partial charge in [-0.15, -0.1) is 0 Å². The zero-order valence-corrected chi connectivity index (χ0v) is 17.2. The van der Waals surface area contributed by atoms with Crippen molar-refractivity contribution in [3.63, 3.8) is 0 Å². The predicted molar refractivity (Wildman–Crippen MR) is 111 cm³/mol. The maximum Gasteiger partial charge on any atom is 0.236 e. The van der Waals surface area contributed by atoms with Crippen LogP contribution in [0.25, 0.3) is 16.8 Å². The van der Waals surface area contributed by atoms with E-state index < -0.39 is 0 Å². The SMILES string of the molecule is Cc1cc(C)c2c(-c3ccccc3)nc(SC(C)C(=O)N3CCOCC3)n2n1. The number of nitrogens with zero attached hydrogens (tertiary/aromatic N) is 4. The van der Waals surface area contributed by atoms with Crippen molar-refractivity contribution in [1.29, 1.82) is 0 Å². The van der Waals surface area contributed by atoms with Crippen LogP contribution in [0.3, 0.4) is 0 Å². The zero-order valence-electron chi connectivity index (χ0n) is 16.4. The lowest BCUT2D eigenvalue weighted by atomic mass is 10.1. The van der Waals surface area contributed by atoms with Gasteiger partial charge in [0.2, 0.25) is 5.91 Å². The second-order valence-corrected chi connectivity index (χ2v) is 8.34. The number of amides is 1. The molecule has 2 aromatic heterocycles. The van der Waals surface area contributed by atoms with Gasteiger partial charge in [0, 0.05) is 18.7 Å². The third-order valence-electron chi connectivity index (χ3n) is 4.88. The third-order valence-corrected chi connectivity index (χ3v) is 5.91. The smallest absolute Gasteiger partial charge is 0.236 e. The van der Waals surface area contributed by atoms with Gasteiger partial charge in [-0.25, -0.2) is 9.50 Å². The quantitative estimate of drug-likeness (QED) is 0.633. The second-order valence-electron chi connectivity index (χ2n) is 7.04. The molecule has 3 aromatic rings. The summed E-state index contributed by atoms with van der Waals surface area (Å²) >= 11 is 1.47. The number of hydrogen-bond acceptors (Lipinski definition) is 5. The Labute approximate surface area is 168 Å². The lowest BCUT2D eigenvalue weighted by Crippen LogP contribution is -2.44. The molecule has 1 amide bonds. The fraction of sp³-hybridized carbons (Fsp3) is 0.381. The number of hydrogen-bond donors (Lipinski definition) is 0. The highest BCUT2D eigenvalue weighted by molar-refractivity contribution is 8.00. The Kier molecular flexibility index (Phi) is 5.37. The van der Waals surface area contributed by atoms with E-state index in [-0.39, 0.29) is 11.2 Å². The van der Waals surface area contributed by atoms with Gasteiger partial charge in [0.1, 0.15) is 0 Å². The second kappa shape index (κ2) is 7.93. The summed E-state index contributed by atoms with van der Waals surface area (Å²) in [6, 6.07) is 12.2. The van der Waals surface area contributed by atoms with E-state index in [1.165, 1.54) is 11.8 Å². The standard InChI is InChI=1S/C21H24N4O2S/c1-14-13-15(2)23-25-19(14)18(17-7-5-4-6-8-17)22-21(25)28-16(3)20(26)24-9-11-27-12-10-24/h4-8,13,16H,9-12H2,1-3H3. The normalized spacial score (nSPS) is 15.8. The molecule has 0 spiro atoms. The molecule has 1 saturated heterocycles. The first-order valence-corrected chi connectivity index (χ1v) is 10.4. The number of thioether (sulfide) groups is 1. The van der Waals surface area contributed by atoms with Crippen LogP contribution in [0, 0.1) is 13.8 Å². The van der Waals surface area contributed by atoms with Crippen LogP contribution in [-0.2, 0) is 9.53 Å². The van der Waals surface area contributed by atoms with Crippen LogP contribution in [0.15, 0.2) is 41.6 Å². The van der Waals surface area contributed by atoms with E-state index >= 15 is 0 Å². The summed E-state index contributed by atoms with van der Waals surface area (Å²) in [5.74, 6) is 0.121. The summed E-state index contributed by atoms with van der Waals surface area (Å²) < 4.78 is 7.25. The maximum atomic E-state index is 12.8. The van der Waals surface area contributed by atoms with E-state index in [9.17, 15) is 4.79 Å². The first-order valence-electron chi connectivity index (χ1n) is 9.50. The van der Waals surface area contributed by atoms with Gasteiger partial charge in [-0.1, -0.05) is 42.1 Å². The number of benzene rings is 1. The van der Waals surface area contributed by atoms with Crippen molar-refractivity contribution in [3.05, 3.63) is 47.7 Å². The first-order chi connectivity index (χ1) is 13.5. The fourth-order valence-electron chi connectivity index (χ4n) is 3.53. The van der Waals surface area contributed by atoms with E-state index in [1.807, 2.05) is 41.5 Å². The summed E-state index contributed by atoms with van der Waals surface area (Å²) in [6.45, 7) is 8.51. The number of fused-ring (bicyclic) bond motifs is 1. The molecule has 146 valence electrons. The van der Waals surface area contributed by atoms with Crippen LogP contribution >= 0.6 is 11.8 Å². The molecular weight excluding hydrogens is 372 g/mol. The van der Waals surface area contributed by atoms with Crippen molar-refractivity contribution in [2.24, 2.45) is 0 Å². The molecular formula is C21H24N4O2S. The Morgan fingerprint density at radius 3 is 2.61 bits per heavy atom. The summed E-state index contributed by atoms with van der Waals surface area (Å²) in [5.41, 5.74) is 4.99. The van der Waals surface area contributed by atoms with Crippen LogP contribution in [0.1, 0.15) is 18.2 Å². The summed E-state index contributed by atoms with van der Waals surface area (Å²) in [5, 5.41) is 5.20. The maximum absolute atomic E-state index is 12.8. The summed E-state index contributed by atoms with van der Waals surface area (Å²) in [4.78, 5) is 19.6. The highest BCUT2D eigenvalue weighted by atomic mass is 32.2. The minimum atomic E-state index is -0.241. The number of morpholine rings is 1. The molecule has 1 unspecified atom stereocenters. The summed E-state index contributed by atoms with van der Waals surface area (Å²) in [7, 11) is 0. The van der Waals surface area contributed by atoms with Gasteiger partial charge in [-0.3, -0.25) is 4.79 Å². The predicted octanol–water partition coefficient (Wildman–Crippen LogP) is 3.35. The zero-order chi connectivity index (χ0) is 19.7. The lowest BCUT2D eigenvalue weighted by Gasteiger charge is -2.28. The molecule has 0 radical (unpaired) electrons. The van der Waals surface area contributed by atoms with E-state index in [0.29, 0.717) is 26.3 Å². The van der Waals surface area contributed by atoms with Crippen LogP contribution in [0.4, 0.5) is 0 Å². The highest BCUT2D eigenvalue weighted by Crippen LogP contribution is 2.32. The number of carbonyl (C=O) groups excluding carboxylic acids is 1. The molecule has 6 nitrogen and oxygen atoms in total. The van der Waals surface area contributed by atoms with Gasteiger partial charge in [0.15, 0.2) is 5.16 Å². The molecule has 0 saturated carbocycles. The first kappa shape index (κ1) is 19.0. The molecule has 28 heavy (non-hydrogen) atoms. The van der Waals surface area contributed by atoms with Crippen LogP contribution < -0.4 is 0 Å². The Morgan fingerprint density at radius 2 is 1.89 bits per heavy atom. The number of ether oxygens (including phenoxy) is 1. The summed E-state index contributed by atoms with van der Waals surface area (Å²) in [6.07, 6.45) is 0. The molecule has 1 aliphatic heterocycles. The molecule has 1 aliphatic rings. The van der Waals surface area contributed by atoms with Crippen molar-refractivity contribution in [3.8, 4) is 11.3 Å². The van der Waals surface area contributed by atoms with Gasteiger partial charge in [0.25, 0.3) is 0 Å². The van der Waals surface area contributed by atoms with Crippen molar-refractivity contribution in [2.75, 3.05) is 26.3 Å². The van der Waals surface area contributed by atoms with Crippen LogP contribution in [0.2, 0.25) is 0 Å². The Bertz CT molecular complexity index is 997. The van der Waals surface area contributed by atoms with Gasteiger partial charge >= 0.3 is 0 Å². The molecule has 1 fully saturated rings. The van der Waals surface area contributed by atoms with Crippen molar-refractivity contribution >= 4 is 23.2 Å². The van der Waals surface area contributed by atoms with Crippen molar-refractivity contribution < 1.29 is 9.53 Å². The number of imidazole rings is 1. The molecule has 0 bridgehead atoms. The van der Waals surface area contributed by atoms with Crippen molar-refractivity contribution in [2.45, 2.75) is 31.2 Å². The average Bonchev–Trinajstić information content (AvgIpc) is 3.07. The van der Waals surface area contributed by atoms with Gasteiger partial charge in [0.05, 0.1) is 35.4 Å². The van der Waals surface area contributed by atoms with Gasteiger partial charge in [-0.2, -0.15) is 5.10 Å². The van der Waals surface area contributed by atoms with E-state index in [1.54, 1.807) is 0 Å². The highest BCUT2D eigenvalue weighted by Gasteiger charge is 2.26. The van der Waals surface area contributed by atoms with Crippen LogP contribution in [-0.4, -0.2) is 57.0 Å². The minimum absolute atomic E-state index is 0.121. The number of rotatable bonds is 4. The molecule has 7 heteroatoms. The number of aromatic nitrogens is 3. The number of aryl methyl sites for hydroxylation is 2. The topological polar surface area (TPSA) is 59.7 Å². The van der Waals surface area contributed by atoms with E-state index in [0.717, 1.165) is 33.2 Å².